The first-order chi connectivity index (χ1) is 14.8. The zero-order chi connectivity index (χ0) is 22.3. The number of ether oxygens (including phenoxy) is 3. The van der Waals surface area contributed by atoms with E-state index in [1.165, 1.54) is 6.26 Å². The van der Waals surface area contributed by atoms with Crippen molar-refractivity contribution in [2.24, 2.45) is 11.8 Å². The van der Waals surface area contributed by atoms with E-state index in [-0.39, 0.29) is 30.6 Å². The third-order valence-electron chi connectivity index (χ3n) is 7.08. The summed E-state index contributed by atoms with van der Waals surface area (Å²) in [5.74, 6) is -0.815. The van der Waals surface area contributed by atoms with Crippen LogP contribution in [0, 0.1) is 11.8 Å². The summed E-state index contributed by atoms with van der Waals surface area (Å²) in [5.41, 5.74) is 0.570. The van der Waals surface area contributed by atoms with Crippen molar-refractivity contribution in [1.82, 2.24) is 0 Å². The molecule has 9 unspecified atom stereocenters. The highest BCUT2D eigenvalue weighted by atomic mass is 16.7. The van der Waals surface area contributed by atoms with Gasteiger partial charge in [0, 0.05) is 18.4 Å². The molecule has 3 fully saturated rings. The summed E-state index contributed by atoms with van der Waals surface area (Å²) in [6.45, 7) is -0.563. The van der Waals surface area contributed by atoms with E-state index in [1.807, 2.05) is 0 Å². The van der Waals surface area contributed by atoms with Crippen LogP contribution >= 0.6 is 0 Å². The first-order valence-corrected chi connectivity index (χ1v) is 11.0. The van der Waals surface area contributed by atoms with Crippen LogP contribution in [0.2, 0.25) is 0 Å². The third kappa shape index (κ3) is 4.53. The Hall–Kier alpha value is -1.11. The van der Waals surface area contributed by atoms with Gasteiger partial charge in [-0.2, -0.15) is 0 Å². The highest BCUT2D eigenvalue weighted by molar-refractivity contribution is 5.99. The predicted molar refractivity (Wildman–Crippen MR) is 103 cm³/mol. The lowest BCUT2D eigenvalue weighted by atomic mass is 9.72. The lowest BCUT2D eigenvalue weighted by Gasteiger charge is -2.45. The number of ketones is 1. The highest BCUT2D eigenvalue weighted by Gasteiger charge is 2.50. The Bertz CT molecular complexity index is 673. The van der Waals surface area contributed by atoms with Crippen molar-refractivity contribution in [2.75, 3.05) is 6.61 Å². The lowest BCUT2D eigenvalue weighted by molar-refractivity contribution is -0.316. The molecule has 10 nitrogen and oxygen atoms in total. The standard InChI is InChI=1S/C21H32O10/c22-7-15-18(26)19(27)20(28)21(31-15)30-11-5-13(24)16-14(6-11)29-8-12(17(16)25)9-1-3-10(23)4-2-9/h8-11,13-16,18-24,26-28H,1-7H2. The molecule has 0 amide bonds. The summed E-state index contributed by atoms with van der Waals surface area (Å²) < 4.78 is 17.0. The van der Waals surface area contributed by atoms with Gasteiger partial charge in [0.05, 0.1) is 37.1 Å². The normalized spacial score (nSPS) is 48.5. The van der Waals surface area contributed by atoms with Gasteiger partial charge in [0.2, 0.25) is 0 Å². The maximum Gasteiger partial charge on any atom is 0.186 e. The van der Waals surface area contributed by atoms with Crippen LogP contribution in [0.25, 0.3) is 0 Å². The molecule has 1 saturated heterocycles. The predicted octanol–water partition coefficient (Wildman–Crippen LogP) is -1.65. The molecule has 0 bridgehead atoms. The van der Waals surface area contributed by atoms with Crippen molar-refractivity contribution in [3.8, 4) is 0 Å². The summed E-state index contributed by atoms with van der Waals surface area (Å²) in [4.78, 5) is 13.1. The molecule has 0 aromatic heterocycles. The van der Waals surface area contributed by atoms with Gasteiger partial charge in [-0.15, -0.1) is 0 Å². The highest BCUT2D eigenvalue weighted by Crippen LogP contribution is 2.40. The summed E-state index contributed by atoms with van der Waals surface area (Å²) in [6.07, 6.45) is -4.95. The van der Waals surface area contributed by atoms with E-state index in [1.54, 1.807) is 0 Å². The number of carbonyl (C=O) groups excluding carboxylic acids is 1. The summed E-state index contributed by atoms with van der Waals surface area (Å²) >= 11 is 0. The van der Waals surface area contributed by atoms with Gasteiger partial charge in [-0.1, -0.05) is 0 Å². The number of Topliss-reactive ketones (excluding diaryl/α,β-unsaturated/α-hetero) is 1. The minimum Gasteiger partial charge on any atom is -0.497 e. The van der Waals surface area contributed by atoms with Crippen LogP contribution in [0.1, 0.15) is 38.5 Å². The average Bonchev–Trinajstić information content (AvgIpc) is 2.75. The number of hydrogen-bond acceptors (Lipinski definition) is 10. The topological polar surface area (TPSA) is 166 Å². The number of rotatable bonds is 4. The molecule has 2 aliphatic heterocycles. The van der Waals surface area contributed by atoms with Crippen LogP contribution in [0.15, 0.2) is 11.8 Å². The fourth-order valence-electron chi connectivity index (χ4n) is 5.23. The van der Waals surface area contributed by atoms with E-state index in [9.17, 15) is 35.4 Å². The van der Waals surface area contributed by atoms with E-state index in [2.05, 4.69) is 0 Å². The molecule has 0 aromatic rings. The van der Waals surface area contributed by atoms with Gasteiger partial charge in [-0.3, -0.25) is 4.79 Å². The molecule has 0 aromatic carbocycles. The monoisotopic (exact) mass is 444 g/mol. The smallest absolute Gasteiger partial charge is 0.186 e. The first-order valence-electron chi connectivity index (χ1n) is 11.0. The Balaban J connectivity index is 1.40. The van der Waals surface area contributed by atoms with Crippen LogP contribution in [-0.4, -0.2) is 98.2 Å². The SMILES string of the molecule is O=C1C(C2CCC(O)CC2)=COC2CC(OC3OC(CO)C(O)C(O)C3O)CC(O)C12. The second kappa shape index (κ2) is 9.40. The van der Waals surface area contributed by atoms with Gasteiger partial charge < -0.3 is 44.8 Å². The van der Waals surface area contributed by atoms with Crippen molar-refractivity contribution in [3.05, 3.63) is 11.8 Å². The Morgan fingerprint density at radius 2 is 1.68 bits per heavy atom. The number of allylic oxidation sites excluding steroid dienone is 1. The molecule has 0 spiro atoms. The fraction of sp³-hybridized carbons (Fsp3) is 0.857. The largest absolute Gasteiger partial charge is 0.497 e. The molecular formula is C21H32O10. The molecule has 4 aliphatic rings. The van der Waals surface area contributed by atoms with Gasteiger partial charge >= 0.3 is 0 Å². The maximum absolute atomic E-state index is 13.1. The molecule has 2 heterocycles. The molecule has 2 saturated carbocycles. The molecule has 4 rings (SSSR count). The number of fused-ring (bicyclic) bond motifs is 1. The summed E-state index contributed by atoms with van der Waals surface area (Å²) in [5, 5.41) is 59.7. The summed E-state index contributed by atoms with van der Waals surface area (Å²) in [6, 6.07) is 0. The van der Waals surface area contributed by atoms with Crippen molar-refractivity contribution in [1.29, 1.82) is 0 Å². The number of aliphatic hydroxyl groups is 6. The Morgan fingerprint density at radius 1 is 0.968 bits per heavy atom. The number of aliphatic hydroxyl groups excluding tert-OH is 6. The maximum atomic E-state index is 13.1. The van der Waals surface area contributed by atoms with Crippen LogP contribution < -0.4 is 0 Å². The van der Waals surface area contributed by atoms with Gasteiger partial charge in [0.25, 0.3) is 0 Å². The molecule has 10 heteroatoms. The van der Waals surface area contributed by atoms with Crippen LogP contribution in [0.5, 0.6) is 0 Å². The Morgan fingerprint density at radius 3 is 2.35 bits per heavy atom. The Labute approximate surface area is 180 Å². The molecule has 0 radical (unpaired) electrons. The number of carbonyl (C=O) groups is 1. The molecule has 2 aliphatic carbocycles. The molecule has 31 heavy (non-hydrogen) atoms. The van der Waals surface area contributed by atoms with Crippen LogP contribution in [0.3, 0.4) is 0 Å². The molecule has 176 valence electrons. The van der Waals surface area contributed by atoms with Crippen molar-refractivity contribution in [3.63, 3.8) is 0 Å². The van der Waals surface area contributed by atoms with E-state index in [0.29, 0.717) is 31.3 Å². The molecular weight excluding hydrogens is 412 g/mol. The fourth-order valence-corrected chi connectivity index (χ4v) is 5.23. The van der Waals surface area contributed by atoms with Crippen LogP contribution in [-0.2, 0) is 19.0 Å². The van der Waals surface area contributed by atoms with Crippen molar-refractivity contribution < 1.29 is 49.6 Å². The van der Waals surface area contributed by atoms with Crippen LogP contribution in [0.4, 0.5) is 0 Å². The summed E-state index contributed by atoms with van der Waals surface area (Å²) in [7, 11) is 0. The van der Waals surface area contributed by atoms with E-state index in [4.69, 9.17) is 14.2 Å². The van der Waals surface area contributed by atoms with Gasteiger partial charge in [0.15, 0.2) is 12.1 Å². The molecule has 6 N–H and O–H groups in total. The average molecular weight is 444 g/mol. The van der Waals surface area contributed by atoms with E-state index >= 15 is 0 Å². The van der Waals surface area contributed by atoms with Gasteiger partial charge in [-0.25, -0.2) is 0 Å². The zero-order valence-electron chi connectivity index (χ0n) is 17.2. The number of hydrogen-bond donors (Lipinski definition) is 6. The zero-order valence-corrected chi connectivity index (χ0v) is 17.2. The Kier molecular flexibility index (Phi) is 6.99. The van der Waals surface area contributed by atoms with E-state index < -0.39 is 61.5 Å². The second-order valence-corrected chi connectivity index (χ2v) is 9.14. The minimum atomic E-state index is -1.55. The van der Waals surface area contributed by atoms with Gasteiger partial charge in [-0.05, 0) is 31.6 Å². The minimum absolute atomic E-state index is 0.0205. The second-order valence-electron chi connectivity index (χ2n) is 9.14. The quantitative estimate of drug-likeness (QED) is 0.296. The van der Waals surface area contributed by atoms with Crippen molar-refractivity contribution >= 4 is 5.78 Å². The third-order valence-corrected chi connectivity index (χ3v) is 7.08. The van der Waals surface area contributed by atoms with Gasteiger partial charge in [0.1, 0.15) is 30.5 Å². The first kappa shape index (κ1) is 23.1. The van der Waals surface area contributed by atoms with E-state index in [0.717, 1.165) is 0 Å². The lowest BCUT2D eigenvalue weighted by Crippen LogP contribution is -2.60. The molecule has 9 atom stereocenters. The van der Waals surface area contributed by atoms with Crippen molar-refractivity contribution in [2.45, 2.75) is 93.6 Å².